The van der Waals surface area contributed by atoms with Gasteiger partial charge in [-0.2, -0.15) is 0 Å². The molecule has 0 atom stereocenters. The van der Waals surface area contributed by atoms with Gasteiger partial charge in [0.15, 0.2) is 0 Å². The molecule has 2 aromatic rings. The summed E-state index contributed by atoms with van der Waals surface area (Å²) in [7, 11) is 0. The van der Waals surface area contributed by atoms with E-state index in [1.165, 1.54) is 17.3 Å². The average molecular weight is 329 g/mol. The largest absolute Gasteiger partial charge is 0.322 e. The molecule has 0 aliphatic heterocycles. The number of anilines is 1. The van der Waals surface area contributed by atoms with Crippen molar-refractivity contribution < 1.29 is 4.79 Å². The molecule has 2 rings (SSSR count). The van der Waals surface area contributed by atoms with Crippen molar-refractivity contribution in [3.05, 3.63) is 53.7 Å². The Morgan fingerprint density at radius 1 is 1.22 bits per heavy atom. The minimum absolute atomic E-state index is 0.123. The van der Waals surface area contributed by atoms with Gasteiger partial charge in [-0.3, -0.25) is 9.69 Å². The summed E-state index contributed by atoms with van der Waals surface area (Å²) < 4.78 is 0. The summed E-state index contributed by atoms with van der Waals surface area (Å²) >= 11 is 1.47. The second-order valence-electron chi connectivity index (χ2n) is 5.18. The van der Waals surface area contributed by atoms with Crippen LogP contribution in [0.25, 0.3) is 0 Å². The van der Waals surface area contributed by atoms with Gasteiger partial charge in [0, 0.05) is 18.4 Å². The summed E-state index contributed by atoms with van der Waals surface area (Å²) in [6.45, 7) is 7.22. The van der Waals surface area contributed by atoms with Gasteiger partial charge < -0.3 is 5.32 Å². The Balaban J connectivity index is 2.12. The lowest BCUT2D eigenvalue weighted by atomic mass is 10.1. The van der Waals surface area contributed by atoms with Gasteiger partial charge in [0.2, 0.25) is 0 Å². The fourth-order valence-electron chi connectivity index (χ4n) is 2.38. The molecule has 1 amide bonds. The topological polar surface area (TPSA) is 45.2 Å². The number of benzene rings is 1. The van der Waals surface area contributed by atoms with E-state index in [9.17, 15) is 4.79 Å². The zero-order chi connectivity index (χ0) is 16.7. The highest BCUT2D eigenvalue weighted by molar-refractivity contribution is 7.98. The molecule has 0 bridgehead atoms. The monoisotopic (exact) mass is 329 g/mol. The maximum atomic E-state index is 12.5. The van der Waals surface area contributed by atoms with Crippen molar-refractivity contribution in [2.45, 2.75) is 25.4 Å². The molecular formula is C18H23N3OS. The molecule has 1 heterocycles. The van der Waals surface area contributed by atoms with Gasteiger partial charge in [-0.25, -0.2) is 4.98 Å². The SMILES string of the molecule is CCN(CC)Cc1cccc(NC(=O)c2cccnc2SC)c1. The molecule has 0 saturated heterocycles. The number of thioether (sulfide) groups is 1. The number of nitrogens with zero attached hydrogens (tertiary/aromatic N) is 2. The van der Waals surface area contributed by atoms with Crippen LogP contribution in [0.15, 0.2) is 47.6 Å². The smallest absolute Gasteiger partial charge is 0.258 e. The molecule has 1 aromatic carbocycles. The first-order chi connectivity index (χ1) is 11.2. The molecule has 0 aliphatic carbocycles. The van der Waals surface area contributed by atoms with E-state index >= 15 is 0 Å². The first kappa shape index (κ1) is 17.5. The summed E-state index contributed by atoms with van der Waals surface area (Å²) in [6, 6.07) is 11.6. The van der Waals surface area contributed by atoms with E-state index in [-0.39, 0.29) is 5.91 Å². The van der Waals surface area contributed by atoms with Gasteiger partial charge >= 0.3 is 0 Å². The Labute approximate surface area is 142 Å². The molecule has 0 spiro atoms. The van der Waals surface area contributed by atoms with E-state index in [0.29, 0.717) is 5.56 Å². The third-order valence-corrected chi connectivity index (χ3v) is 4.41. The number of hydrogen-bond donors (Lipinski definition) is 1. The van der Waals surface area contributed by atoms with E-state index in [0.717, 1.165) is 30.3 Å². The van der Waals surface area contributed by atoms with Crippen LogP contribution in [0.2, 0.25) is 0 Å². The Hall–Kier alpha value is -1.85. The van der Waals surface area contributed by atoms with Crippen molar-refractivity contribution in [1.82, 2.24) is 9.88 Å². The minimum atomic E-state index is -0.123. The van der Waals surface area contributed by atoms with Gasteiger partial charge in [0.25, 0.3) is 5.91 Å². The Morgan fingerprint density at radius 3 is 2.70 bits per heavy atom. The summed E-state index contributed by atoms with van der Waals surface area (Å²) in [5, 5.41) is 3.71. The van der Waals surface area contributed by atoms with Crippen LogP contribution < -0.4 is 5.32 Å². The number of carbonyl (C=O) groups excluding carboxylic acids is 1. The molecule has 0 unspecified atom stereocenters. The molecule has 5 heteroatoms. The lowest BCUT2D eigenvalue weighted by Gasteiger charge is -2.18. The molecule has 1 aromatic heterocycles. The van der Waals surface area contributed by atoms with Crippen molar-refractivity contribution in [1.29, 1.82) is 0 Å². The van der Waals surface area contributed by atoms with Gasteiger partial charge in [-0.05, 0) is 49.2 Å². The minimum Gasteiger partial charge on any atom is -0.322 e. The number of carbonyl (C=O) groups is 1. The number of nitrogens with one attached hydrogen (secondary N) is 1. The van der Waals surface area contributed by atoms with Gasteiger partial charge in [0.1, 0.15) is 5.03 Å². The number of aromatic nitrogens is 1. The Morgan fingerprint density at radius 2 is 2.00 bits per heavy atom. The lowest BCUT2D eigenvalue weighted by molar-refractivity contribution is 0.102. The number of rotatable bonds is 7. The highest BCUT2D eigenvalue weighted by Gasteiger charge is 2.12. The summed E-state index contributed by atoms with van der Waals surface area (Å²) in [5.41, 5.74) is 2.62. The van der Waals surface area contributed by atoms with E-state index in [2.05, 4.69) is 35.1 Å². The first-order valence-corrected chi connectivity index (χ1v) is 9.02. The Kier molecular flexibility index (Phi) is 6.62. The fourth-order valence-corrected chi connectivity index (χ4v) is 2.92. The molecule has 4 nitrogen and oxygen atoms in total. The predicted molar refractivity (Wildman–Crippen MR) is 97.0 cm³/mol. The van der Waals surface area contributed by atoms with Crippen molar-refractivity contribution in [2.75, 3.05) is 24.7 Å². The standard InChI is InChI=1S/C18H23N3OS/c1-4-21(5-2)13-14-8-6-9-15(12-14)20-17(22)16-10-7-11-19-18(16)23-3/h6-12H,4-5,13H2,1-3H3,(H,20,22). The third kappa shape index (κ3) is 4.81. The second kappa shape index (κ2) is 8.70. The number of pyridine rings is 1. The molecule has 0 fully saturated rings. The number of amides is 1. The first-order valence-electron chi connectivity index (χ1n) is 7.79. The lowest BCUT2D eigenvalue weighted by Crippen LogP contribution is -2.22. The average Bonchev–Trinajstić information content (AvgIpc) is 2.59. The van der Waals surface area contributed by atoms with Crippen LogP contribution in [0.4, 0.5) is 5.69 Å². The molecular weight excluding hydrogens is 306 g/mol. The molecule has 23 heavy (non-hydrogen) atoms. The van der Waals surface area contributed by atoms with Crippen LogP contribution in [-0.2, 0) is 6.54 Å². The highest BCUT2D eigenvalue weighted by Crippen LogP contribution is 2.19. The van der Waals surface area contributed by atoms with Gasteiger partial charge in [-0.15, -0.1) is 11.8 Å². The quantitative estimate of drug-likeness (QED) is 0.783. The summed E-state index contributed by atoms with van der Waals surface area (Å²) in [4.78, 5) is 19.0. The van der Waals surface area contributed by atoms with Gasteiger partial charge in [-0.1, -0.05) is 26.0 Å². The molecule has 0 aliphatic rings. The highest BCUT2D eigenvalue weighted by atomic mass is 32.2. The second-order valence-corrected chi connectivity index (χ2v) is 5.97. The van der Waals surface area contributed by atoms with Crippen LogP contribution in [0.3, 0.4) is 0 Å². The van der Waals surface area contributed by atoms with Crippen LogP contribution >= 0.6 is 11.8 Å². The maximum Gasteiger partial charge on any atom is 0.258 e. The normalized spacial score (nSPS) is 10.8. The summed E-state index contributed by atoms with van der Waals surface area (Å²) in [5.74, 6) is -0.123. The van der Waals surface area contributed by atoms with E-state index < -0.39 is 0 Å². The molecule has 1 N–H and O–H groups in total. The van der Waals surface area contributed by atoms with Crippen LogP contribution in [-0.4, -0.2) is 35.1 Å². The van der Waals surface area contributed by atoms with Crippen molar-refractivity contribution in [3.8, 4) is 0 Å². The summed E-state index contributed by atoms with van der Waals surface area (Å²) in [6.07, 6.45) is 3.62. The number of hydrogen-bond acceptors (Lipinski definition) is 4. The molecule has 0 radical (unpaired) electrons. The van der Waals surface area contributed by atoms with Gasteiger partial charge in [0.05, 0.1) is 5.56 Å². The molecule has 0 saturated carbocycles. The molecule has 122 valence electrons. The van der Waals surface area contributed by atoms with Crippen LogP contribution in [0.5, 0.6) is 0 Å². The maximum absolute atomic E-state index is 12.5. The van der Waals surface area contributed by atoms with Crippen LogP contribution in [0.1, 0.15) is 29.8 Å². The van der Waals surface area contributed by atoms with E-state index in [4.69, 9.17) is 0 Å². The zero-order valence-corrected chi connectivity index (χ0v) is 14.7. The van der Waals surface area contributed by atoms with Crippen molar-refractivity contribution >= 4 is 23.4 Å². The van der Waals surface area contributed by atoms with E-state index in [1.807, 2.05) is 24.5 Å². The van der Waals surface area contributed by atoms with Crippen molar-refractivity contribution in [3.63, 3.8) is 0 Å². The van der Waals surface area contributed by atoms with Crippen molar-refractivity contribution in [2.24, 2.45) is 0 Å². The Bertz CT molecular complexity index is 656. The van der Waals surface area contributed by atoms with Crippen LogP contribution in [0, 0.1) is 0 Å². The van der Waals surface area contributed by atoms with E-state index in [1.54, 1.807) is 18.3 Å². The third-order valence-electron chi connectivity index (χ3n) is 3.69. The zero-order valence-electron chi connectivity index (χ0n) is 13.9. The predicted octanol–water partition coefficient (Wildman–Crippen LogP) is 3.90. The fraction of sp³-hybridized carbons (Fsp3) is 0.333.